The fourth-order valence-corrected chi connectivity index (χ4v) is 4.42. The van der Waals surface area contributed by atoms with Crippen molar-refractivity contribution in [1.29, 1.82) is 0 Å². The van der Waals surface area contributed by atoms with Crippen molar-refractivity contribution < 1.29 is 14.1 Å². The summed E-state index contributed by atoms with van der Waals surface area (Å²) in [6.07, 6.45) is 0. The Kier molecular flexibility index (Phi) is 5.98. The number of thioether (sulfide) groups is 1. The molecule has 0 fully saturated rings. The molecule has 1 N–H and O–H groups in total. The molecule has 3 aromatic heterocycles. The Morgan fingerprint density at radius 3 is 2.85 bits per heavy atom. The van der Waals surface area contributed by atoms with Gasteiger partial charge in [-0.15, -0.1) is 11.3 Å². The van der Waals surface area contributed by atoms with Crippen LogP contribution in [0.15, 0.2) is 20.5 Å². The van der Waals surface area contributed by atoms with E-state index in [4.69, 9.17) is 9.26 Å². The normalized spacial score (nSPS) is 11.3. The minimum atomic E-state index is -0.262. The summed E-state index contributed by atoms with van der Waals surface area (Å²) in [5, 5.41) is 7.49. The van der Waals surface area contributed by atoms with E-state index in [1.165, 1.54) is 23.1 Å². The number of nitrogens with one attached hydrogen (secondary N) is 1. The molecule has 0 aliphatic heterocycles. The Morgan fingerprint density at radius 1 is 1.41 bits per heavy atom. The van der Waals surface area contributed by atoms with Gasteiger partial charge in [-0.2, -0.15) is 0 Å². The predicted octanol–water partition coefficient (Wildman–Crippen LogP) is 2.75. The van der Waals surface area contributed by atoms with Crippen LogP contribution >= 0.6 is 23.1 Å². The molecule has 0 spiro atoms. The first kappa shape index (κ1) is 19.6. The second kappa shape index (κ2) is 8.24. The van der Waals surface area contributed by atoms with Crippen molar-refractivity contribution in [2.45, 2.75) is 32.5 Å². The number of amides is 1. The van der Waals surface area contributed by atoms with Gasteiger partial charge in [0.2, 0.25) is 11.8 Å². The molecule has 27 heavy (non-hydrogen) atoms. The summed E-state index contributed by atoms with van der Waals surface area (Å²) >= 11 is 2.69. The standard InChI is InChI=1S/C17H20N4O4S2/c1-9-7-13(25-20-9)18-12(22)8-26-17-19-15-14(10(2)11(3)27-15)16(23)21(17)5-6-24-4/h7H,5-6,8H2,1-4H3,(H,18,22). The molecule has 1 amide bonds. The predicted molar refractivity (Wildman–Crippen MR) is 106 cm³/mol. The van der Waals surface area contributed by atoms with Crippen LogP contribution in [0.25, 0.3) is 10.2 Å². The van der Waals surface area contributed by atoms with E-state index in [9.17, 15) is 9.59 Å². The number of fused-ring (bicyclic) bond motifs is 1. The van der Waals surface area contributed by atoms with Gasteiger partial charge < -0.3 is 9.26 Å². The zero-order chi connectivity index (χ0) is 19.6. The fraction of sp³-hybridized carbons (Fsp3) is 0.412. The van der Waals surface area contributed by atoms with Crippen LogP contribution in [-0.4, -0.2) is 40.1 Å². The fourth-order valence-electron chi connectivity index (χ4n) is 2.52. The van der Waals surface area contributed by atoms with E-state index in [-0.39, 0.29) is 17.2 Å². The number of hydrogen-bond acceptors (Lipinski definition) is 8. The van der Waals surface area contributed by atoms with Crippen molar-refractivity contribution in [3.63, 3.8) is 0 Å². The third kappa shape index (κ3) is 4.23. The number of ether oxygens (including phenoxy) is 1. The largest absolute Gasteiger partial charge is 0.383 e. The Hall–Kier alpha value is -2.17. The lowest BCUT2D eigenvalue weighted by Gasteiger charge is -2.11. The highest BCUT2D eigenvalue weighted by molar-refractivity contribution is 7.99. The third-order valence-corrected chi connectivity index (χ3v) is 6.07. The molecule has 3 heterocycles. The van der Waals surface area contributed by atoms with Crippen LogP contribution in [0.4, 0.5) is 5.88 Å². The first-order valence-corrected chi connectivity index (χ1v) is 10.1. The molecule has 144 valence electrons. The molecular formula is C17H20N4O4S2. The minimum Gasteiger partial charge on any atom is -0.383 e. The summed E-state index contributed by atoms with van der Waals surface area (Å²) in [4.78, 5) is 31.5. The maximum absolute atomic E-state index is 13.0. The third-order valence-electron chi connectivity index (χ3n) is 4.00. The van der Waals surface area contributed by atoms with E-state index in [2.05, 4.69) is 15.5 Å². The van der Waals surface area contributed by atoms with E-state index in [1.54, 1.807) is 24.7 Å². The lowest BCUT2D eigenvalue weighted by atomic mass is 10.2. The number of anilines is 1. The molecule has 0 bridgehead atoms. The van der Waals surface area contributed by atoms with Gasteiger partial charge in [0.15, 0.2) is 5.16 Å². The molecule has 0 radical (unpaired) electrons. The summed E-state index contributed by atoms with van der Waals surface area (Å²) in [6.45, 7) is 6.43. The van der Waals surface area contributed by atoms with Crippen molar-refractivity contribution >= 4 is 45.1 Å². The van der Waals surface area contributed by atoms with Crippen LogP contribution in [0.5, 0.6) is 0 Å². The van der Waals surface area contributed by atoms with Gasteiger partial charge in [0.05, 0.1) is 30.0 Å². The van der Waals surface area contributed by atoms with Crippen molar-refractivity contribution in [2.24, 2.45) is 0 Å². The lowest BCUT2D eigenvalue weighted by Crippen LogP contribution is -2.26. The highest BCUT2D eigenvalue weighted by Gasteiger charge is 2.18. The average molecular weight is 409 g/mol. The molecule has 0 saturated carbocycles. The number of hydrogen-bond donors (Lipinski definition) is 1. The van der Waals surface area contributed by atoms with E-state index in [0.717, 1.165) is 10.4 Å². The number of rotatable bonds is 7. The van der Waals surface area contributed by atoms with Crippen LogP contribution < -0.4 is 10.9 Å². The second-order valence-corrected chi connectivity index (χ2v) is 8.12. The molecule has 0 aliphatic carbocycles. The van der Waals surface area contributed by atoms with Crippen molar-refractivity contribution in [1.82, 2.24) is 14.7 Å². The molecule has 0 atom stereocenters. The smallest absolute Gasteiger partial charge is 0.263 e. The minimum absolute atomic E-state index is 0.0913. The highest BCUT2D eigenvalue weighted by atomic mass is 32.2. The summed E-state index contributed by atoms with van der Waals surface area (Å²) in [6, 6.07) is 1.64. The van der Waals surface area contributed by atoms with Crippen molar-refractivity contribution in [3.05, 3.63) is 32.6 Å². The van der Waals surface area contributed by atoms with Crippen LogP contribution in [0.1, 0.15) is 16.1 Å². The van der Waals surface area contributed by atoms with Crippen LogP contribution in [0, 0.1) is 20.8 Å². The maximum Gasteiger partial charge on any atom is 0.263 e. The van der Waals surface area contributed by atoms with Gasteiger partial charge in [-0.05, 0) is 26.3 Å². The van der Waals surface area contributed by atoms with Gasteiger partial charge in [-0.1, -0.05) is 16.9 Å². The quantitative estimate of drug-likeness (QED) is 0.474. The summed E-state index contributed by atoms with van der Waals surface area (Å²) in [5.74, 6) is 0.124. The topological polar surface area (TPSA) is 99.2 Å². The first-order valence-electron chi connectivity index (χ1n) is 8.26. The lowest BCUT2D eigenvalue weighted by molar-refractivity contribution is -0.113. The van der Waals surface area contributed by atoms with Crippen LogP contribution in [0.3, 0.4) is 0 Å². The van der Waals surface area contributed by atoms with Gasteiger partial charge in [0.1, 0.15) is 4.83 Å². The first-order chi connectivity index (χ1) is 12.9. The monoisotopic (exact) mass is 408 g/mol. The molecular weight excluding hydrogens is 388 g/mol. The number of methoxy groups -OCH3 is 1. The second-order valence-electron chi connectivity index (χ2n) is 5.98. The van der Waals surface area contributed by atoms with Gasteiger partial charge in [0, 0.05) is 18.1 Å². The van der Waals surface area contributed by atoms with Gasteiger partial charge in [0.25, 0.3) is 5.56 Å². The molecule has 0 unspecified atom stereocenters. The molecule has 8 nitrogen and oxygen atoms in total. The van der Waals surface area contributed by atoms with Gasteiger partial charge >= 0.3 is 0 Å². The van der Waals surface area contributed by atoms with Crippen LogP contribution in [-0.2, 0) is 16.1 Å². The number of aromatic nitrogens is 3. The molecule has 3 rings (SSSR count). The number of thiophene rings is 1. The number of carbonyl (C=O) groups is 1. The molecule has 0 saturated heterocycles. The number of aryl methyl sites for hydroxylation is 3. The number of nitrogens with zero attached hydrogens (tertiary/aromatic N) is 3. The maximum atomic E-state index is 13.0. The van der Waals surface area contributed by atoms with E-state index < -0.39 is 0 Å². The summed E-state index contributed by atoms with van der Waals surface area (Å²) in [5.41, 5.74) is 1.53. The Morgan fingerprint density at radius 2 is 2.19 bits per heavy atom. The molecule has 0 aromatic carbocycles. The molecule has 0 aliphatic rings. The summed E-state index contributed by atoms with van der Waals surface area (Å²) < 4.78 is 11.7. The molecule has 3 aromatic rings. The van der Waals surface area contributed by atoms with Gasteiger partial charge in [-0.3, -0.25) is 19.5 Å². The Labute approximate surface area is 163 Å². The SMILES string of the molecule is COCCn1c(SCC(=O)Nc2cc(C)no2)nc2sc(C)c(C)c2c1=O. The van der Waals surface area contributed by atoms with Gasteiger partial charge in [-0.25, -0.2) is 4.98 Å². The van der Waals surface area contributed by atoms with Crippen molar-refractivity contribution in [3.8, 4) is 0 Å². The Balaban J connectivity index is 1.85. The number of carbonyl (C=O) groups excluding carboxylic acids is 1. The highest BCUT2D eigenvalue weighted by Crippen LogP contribution is 2.28. The van der Waals surface area contributed by atoms with Crippen molar-refractivity contribution in [2.75, 3.05) is 24.8 Å². The Bertz CT molecular complexity index is 1040. The average Bonchev–Trinajstić information content (AvgIpc) is 3.15. The zero-order valence-electron chi connectivity index (χ0n) is 15.5. The summed E-state index contributed by atoms with van der Waals surface area (Å²) in [7, 11) is 1.58. The molecule has 10 heteroatoms. The van der Waals surface area contributed by atoms with E-state index >= 15 is 0 Å². The zero-order valence-corrected chi connectivity index (χ0v) is 17.1. The van der Waals surface area contributed by atoms with E-state index in [1.807, 2.05) is 13.8 Å². The van der Waals surface area contributed by atoms with Crippen LogP contribution in [0.2, 0.25) is 0 Å². The van der Waals surface area contributed by atoms with E-state index in [0.29, 0.717) is 40.1 Å².